The molecule has 2 aromatic carbocycles. The van der Waals surface area contributed by atoms with Crippen LogP contribution in [0.3, 0.4) is 0 Å². The highest BCUT2D eigenvalue weighted by Crippen LogP contribution is 2.28. The predicted octanol–water partition coefficient (Wildman–Crippen LogP) is 2.12. The summed E-state index contributed by atoms with van der Waals surface area (Å²) in [6, 6.07) is 8.07. The third-order valence-corrected chi connectivity index (χ3v) is 4.18. The zero-order chi connectivity index (χ0) is 15.6. The SMILES string of the molecule is O=[N+]([O-])c1ccc([O-])c(NS(=O)(=O)c2ccc(Cl)cc2)c1. The highest BCUT2D eigenvalue weighted by atomic mass is 35.5. The van der Waals surface area contributed by atoms with Crippen molar-refractivity contribution in [2.75, 3.05) is 4.72 Å². The molecular formula is C12H8ClN2O5S-. The zero-order valence-corrected chi connectivity index (χ0v) is 11.9. The van der Waals surface area contributed by atoms with Gasteiger partial charge in [-0.2, -0.15) is 0 Å². The molecule has 0 heterocycles. The lowest BCUT2D eigenvalue weighted by Crippen LogP contribution is -2.14. The number of nitro groups is 1. The standard InChI is InChI=1S/C12H9ClN2O5S/c13-8-1-4-10(5-2-8)21(19,20)14-11-7-9(15(17)18)3-6-12(11)16/h1-7,14,16H/p-1. The van der Waals surface area contributed by atoms with Gasteiger partial charge in [-0.1, -0.05) is 23.4 Å². The van der Waals surface area contributed by atoms with E-state index in [9.17, 15) is 23.6 Å². The maximum Gasteiger partial charge on any atom is 0.271 e. The van der Waals surface area contributed by atoms with Crippen molar-refractivity contribution in [1.29, 1.82) is 0 Å². The Morgan fingerprint density at radius 3 is 2.29 bits per heavy atom. The first kappa shape index (κ1) is 15.1. The Labute approximate surface area is 125 Å². The fraction of sp³-hybridized carbons (Fsp3) is 0. The van der Waals surface area contributed by atoms with Crippen LogP contribution >= 0.6 is 11.6 Å². The summed E-state index contributed by atoms with van der Waals surface area (Å²) in [4.78, 5) is 9.81. The van der Waals surface area contributed by atoms with E-state index in [-0.39, 0.29) is 16.3 Å². The minimum atomic E-state index is -4.03. The summed E-state index contributed by atoms with van der Waals surface area (Å²) < 4.78 is 26.2. The van der Waals surface area contributed by atoms with Crippen LogP contribution in [0.15, 0.2) is 47.4 Å². The molecule has 21 heavy (non-hydrogen) atoms. The number of sulfonamides is 1. The van der Waals surface area contributed by atoms with Crippen LogP contribution in [0.25, 0.3) is 0 Å². The molecule has 0 unspecified atom stereocenters. The van der Waals surface area contributed by atoms with Gasteiger partial charge < -0.3 is 5.11 Å². The van der Waals surface area contributed by atoms with Crippen LogP contribution in [0.5, 0.6) is 5.75 Å². The van der Waals surface area contributed by atoms with E-state index in [2.05, 4.69) is 0 Å². The van der Waals surface area contributed by atoms with Crippen molar-refractivity contribution in [3.8, 4) is 5.75 Å². The summed E-state index contributed by atoms with van der Waals surface area (Å²) in [7, 11) is -4.03. The molecule has 0 aromatic heterocycles. The third kappa shape index (κ3) is 3.41. The Morgan fingerprint density at radius 1 is 1.10 bits per heavy atom. The molecule has 110 valence electrons. The number of halogens is 1. The molecule has 9 heteroatoms. The summed E-state index contributed by atoms with van der Waals surface area (Å²) in [6.45, 7) is 0. The lowest BCUT2D eigenvalue weighted by molar-refractivity contribution is -0.385. The Balaban J connectivity index is 2.38. The molecule has 0 amide bonds. The second-order valence-electron chi connectivity index (χ2n) is 4.00. The molecule has 0 saturated heterocycles. The molecule has 1 N–H and O–H groups in total. The van der Waals surface area contributed by atoms with Crippen LogP contribution in [0.4, 0.5) is 11.4 Å². The number of nitrogens with zero attached hydrogens (tertiary/aromatic N) is 1. The average molecular weight is 328 g/mol. The van der Waals surface area contributed by atoms with Crippen LogP contribution in [0, 0.1) is 10.1 Å². The Bertz CT molecular complexity index is 790. The topological polar surface area (TPSA) is 112 Å². The van der Waals surface area contributed by atoms with Gasteiger partial charge >= 0.3 is 0 Å². The Morgan fingerprint density at radius 2 is 1.71 bits per heavy atom. The van der Waals surface area contributed by atoms with Gasteiger partial charge in [0.15, 0.2) is 0 Å². The van der Waals surface area contributed by atoms with E-state index in [1.165, 1.54) is 24.3 Å². The Hall–Kier alpha value is -2.32. The first-order chi connectivity index (χ1) is 9.79. The van der Waals surface area contributed by atoms with Gasteiger partial charge in [-0.3, -0.25) is 14.8 Å². The number of nitro benzene ring substituents is 1. The minimum Gasteiger partial charge on any atom is -0.871 e. The maximum absolute atomic E-state index is 12.1. The fourth-order valence-corrected chi connectivity index (χ4v) is 2.72. The number of anilines is 1. The van der Waals surface area contributed by atoms with E-state index < -0.39 is 20.7 Å². The second-order valence-corrected chi connectivity index (χ2v) is 6.12. The van der Waals surface area contributed by atoms with Gasteiger partial charge in [0, 0.05) is 22.8 Å². The zero-order valence-electron chi connectivity index (χ0n) is 10.3. The molecule has 0 aliphatic rings. The molecule has 0 atom stereocenters. The predicted molar refractivity (Wildman–Crippen MR) is 74.8 cm³/mol. The van der Waals surface area contributed by atoms with Crippen LogP contribution in [0.1, 0.15) is 0 Å². The van der Waals surface area contributed by atoms with Crippen LogP contribution in [0.2, 0.25) is 5.02 Å². The molecule has 7 nitrogen and oxygen atoms in total. The number of rotatable bonds is 4. The molecular weight excluding hydrogens is 320 g/mol. The Kier molecular flexibility index (Phi) is 4.01. The minimum absolute atomic E-state index is 0.113. The number of benzene rings is 2. The van der Waals surface area contributed by atoms with Crippen molar-refractivity contribution in [3.05, 3.63) is 57.6 Å². The van der Waals surface area contributed by atoms with E-state index in [0.717, 1.165) is 18.2 Å². The number of nitrogens with one attached hydrogen (secondary N) is 1. The van der Waals surface area contributed by atoms with E-state index in [1.54, 1.807) is 0 Å². The molecule has 0 bridgehead atoms. The van der Waals surface area contributed by atoms with Gasteiger partial charge in [0.1, 0.15) is 0 Å². The second kappa shape index (κ2) is 5.58. The van der Waals surface area contributed by atoms with Crippen molar-refractivity contribution >= 4 is 33.0 Å². The average Bonchev–Trinajstić information content (AvgIpc) is 2.41. The number of hydrogen-bond donors (Lipinski definition) is 1. The summed E-state index contributed by atoms with van der Waals surface area (Å²) in [5.41, 5.74) is -0.775. The number of hydrogen-bond acceptors (Lipinski definition) is 5. The molecule has 0 fully saturated rings. The van der Waals surface area contributed by atoms with Crippen molar-refractivity contribution in [1.82, 2.24) is 0 Å². The number of non-ortho nitro benzene ring substituents is 1. The molecule has 0 aliphatic carbocycles. The van der Waals surface area contributed by atoms with E-state index >= 15 is 0 Å². The lowest BCUT2D eigenvalue weighted by atomic mass is 10.2. The normalized spacial score (nSPS) is 11.1. The summed E-state index contributed by atoms with van der Waals surface area (Å²) >= 11 is 5.66. The highest BCUT2D eigenvalue weighted by molar-refractivity contribution is 7.92. The molecule has 0 radical (unpaired) electrons. The van der Waals surface area contributed by atoms with Gasteiger partial charge in [-0.05, 0) is 24.3 Å². The van der Waals surface area contributed by atoms with Crippen molar-refractivity contribution < 1.29 is 18.4 Å². The van der Waals surface area contributed by atoms with Crippen molar-refractivity contribution in [2.24, 2.45) is 0 Å². The first-order valence-electron chi connectivity index (χ1n) is 5.53. The van der Waals surface area contributed by atoms with Gasteiger partial charge in [-0.25, -0.2) is 8.42 Å². The maximum atomic E-state index is 12.1. The van der Waals surface area contributed by atoms with Crippen LogP contribution in [-0.2, 0) is 10.0 Å². The molecule has 0 spiro atoms. The summed E-state index contributed by atoms with van der Waals surface area (Å²) in [5.74, 6) is -0.668. The van der Waals surface area contributed by atoms with Gasteiger partial charge in [0.05, 0.1) is 9.82 Å². The quantitative estimate of drug-likeness (QED) is 0.682. The monoisotopic (exact) mass is 327 g/mol. The van der Waals surface area contributed by atoms with E-state index in [1.807, 2.05) is 4.72 Å². The van der Waals surface area contributed by atoms with Gasteiger partial charge in [-0.15, -0.1) is 0 Å². The van der Waals surface area contributed by atoms with E-state index in [4.69, 9.17) is 11.6 Å². The first-order valence-corrected chi connectivity index (χ1v) is 7.39. The fourth-order valence-electron chi connectivity index (χ4n) is 1.53. The smallest absolute Gasteiger partial charge is 0.271 e. The highest BCUT2D eigenvalue weighted by Gasteiger charge is 2.16. The molecule has 2 rings (SSSR count). The van der Waals surface area contributed by atoms with Crippen molar-refractivity contribution in [3.63, 3.8) is 0 Å². The lowest BCUT2D eigenvalue weighted by Gasteiger charge is -2.15. The van der Waals surface area contributed by atoms with Crippen molar-refractivity contribution in [2.45, 2.75) is 4.90 Å². The van der Waals surface area contributed by atoms with Gasteiger partial charge in [0.2, 0.25) is 0 Å². The van der Waals surface area contributed by atoms with Crippen LogP contribution in [-0.4, -0.2) is 13.3 Å². The summed E-state index contributed by atoms with van der Waals surface area (Å²) in [6.07, 6.45) is 0. The molecule has 2 aromatic rings. The van der Waals surface area contributed by atoms with E-state index in [0.29, 0.717) is 5.02 Å². The van der Waals surface area contributed by atoms with Crippen LogP contribution < -0.4 is 9.83 Å². The molecule has 0 aliphatic heterocycles. The van der Waals surface area contributed by atoms with Gasteiger partial charge in [0.25, 0.3) is 15.7 Å². The largest absolute Gasteiger partial charge is 0.871 e. The summed E-state index contributed by atoms with van der Waals surface area (Å²) in [5, 5.41) is 22.6. The molecule has 0 saturated carbocycles. The third-order valence-electron chi connectivity index (χ3n) is 2.54.